The average Bonchev–Trinajstić information content (AvgIpc) is 2.67. The molecule has 0 radical (unpaired) electrons. The Morgan fingerprint density at radius 3 is 2.24 bits per heavy atom. The molecule has 0 fully saturated rings. The third-order valence-electron chi connectivity index (χ3n) is 4.26. The molecule has 0 aliphatic heterocycles. The first-order chi connectivity index (χ1) is 13.7. The lowest BCUT2D eigenvalue weighted by atomic mass is 10.1. The molecule has 1 atom stereocenters. The van der Waals surface area contributed by atoms with Crippen LogP contribution in [0.2, 0.25) is 5.02 Å². The second-order valence-electron chi connectivity index (χ2n) is 7.91. The van der Waals surface area contributed by atoms with Gasteiger partial charge in [-0.25, -0.2) is 0 Å². The predicted octanol–water partition coefficient (Wildman–Crippen LogP) is 4.44. The molecule has 2 amide bonds. The van der Waals surface area contributed by atoms with Gasteiger partial charge in [-0.3, -0.25) is 9.59 Å². The number of carbonyl (C=O) groups is 2. The number of halogens is 1. The van der Waals surface area contributed by atoms with Crippen molar-refractivity contribution in [1.82, 2.24) is 10.2 Å². The fourth-order valence-electron chi connectivity index (χ4n) is 2.90. The first-order valence-corrected chi connectivity index (χ1v) is 10.1. The summed E-state index contributed by atoms with van der Waals surface area (Å²) in [5.41, 5.74) is 0.504. The number of hydrogen-bond acceptors (Lipinski definition) is 3. The summed E-state index contributed by atoms with van der Waals surface area (Å²) in [5.74, 6) is 0.182. The molecule has 0 spiro atoms. The Balaban J connectivity index is 2.21. The molecule has 0 aliphatic rings. The van der Waals surface area contributed by atoms with Gasteiger partial charge in [0, 0.05) is 17.1 Å². The van der Waals surface area contributed by atoms with Gasteiger partial charge in [-0.1, -0.05) is 48.9 Å². The van der Waals surface area contributed by atoms with Crippen LogP contribution in [0.15, 0.2) is 54.6 Å². The van der Waals surface area contributed by atoms with Gasteiger partial charge in [-0.05, 0) is 57.0 Å². The lowest BCUT2D eigenvalue weighted by Gasteiger charge is -2.33. The number of carbonyl (C=O) groups excluding carboxylic acids is 2. The van der Waals surface area contributed by atoms with Crippen LogP contribution in [0.3, 0.4) is 0 Å². The van der Waals surface area contributed by atoms with Crippen molar-refractivity contribution >= 4 is 23.4 Å². The van der Waals surface area contributed by atoms with Crippen molar-refractivity contribution in [3.8, 4) is 5.75 Å². The van der Waals surface area contributed by atoms with Crippen LogP contribution in [-0.2, 0) is 16.1 Å². The third kappa shape index (κ3) is 7.42. The zero-order chi connectivity index (χ0) is 21.4. The van der Waals surface area contributed by atoms with Crippen LogP contribution in [0.1, 0.15) is 39.7 Å². The van der Waals surface area contributed by atoms with Crippen molar-refractivity contribution in [1.29, 1.82) is 0 Å². The highest BCUT2D eigenvalue weighted by molar-refractivity contribution is 6.30. The maximum absolute atomic E-state index is 13.1. The van der Waals surface area contributed by atoms with E-state index in [2.05, 4.69) is 5.32 Å². The zero-order valence-electron chi connectivity index (χ0n) is 17.4. The SMILES string of the molecule is CC[C@H](C(=O)NC(C)(C)C)N(Cc1ccc(Cl)cc1)C(=O)COc1ccccc1. The minimum Gasteiger partial charge on any atom is -0.484 e. The molecule has 2 aromatic rings. The highest BCUT2D eigenvalue weighted by Crippen LogP contribution is 2.17. The molecule has 0 bridgehead atoms. The van der Waals surface area contributed by atoms with Gasteiger partial charge in [0.15, 0.2) is 6.61 Å². The van der Waals surface area contributed by atoms with Crippen molar-refractivity contribution in [2.75, 3.05) is 6.61 Å². The summed E-state index contributed by atoms with van der Waals surface area (Å²) in [5, 5.41) is 3.60. The Hall–Kier alpha value is -2.53. The maximum Gasteiger partial charge on any atom is 0.261 e. The van der Waals surface area contributed by atoms with Crippen molar-refractivity contribution in [3.63, 3.8) is 0 Å². The van der Waals surface area contributed by atoms with E-state index in [9.17, 15) is 9.59 Å². The van der Waals surface area contributed by atoms with Gasteiger partial charge in [0.1, 0.15) is 11.8 Å². The lowest BCUT2D eigenvalue weighted by molar-refractivity contribution is -0.143. The second-order valence-corrected chi connectivity index (χ2v) is 8.35. The minimum atomic E-state index is -0.600. The van der Waals surface area contributed by atoms with E-state index in [0.717, 1.165) is 5.56 Å². The Morgan fingerprint density at radius 2 is 1.69 bits per heavy atom. The molecule has 2 rings (SSSR count). The maximum atomic E-state index is 13.1. The van der Waals surface area contributed by atoms with E-state index < -0.39 is 6.04 Å². The molecule has 5 nitrogen and oxygen atoms in total. The van der Waals surface area contributed by atoms with Gasteiger partial charge < -0.3 is 15.0 Å². The van der Waals surface area contributed by atoms with E-state index in [1.54, 1.807) is 29.2 Å². The van der Waals surface area contributed by atoms with Crippen molar-refractivity contribution < 1.29 is 14.3 Å². The number of nitrogens with one attached hydrogen (secondary N) is 1. The summed E-state index contributed by atoms with van der Waals surface area (Å²) >= 11 is 5.98. The zero-order valence-corrected chi connectivity index (χ0v) is 18.2. The topological polar surface area (TPSA) is 58.6 Å². The Labute approximate surface area is 178 Å². The standard InChI is InChI=1S/C23H29ClN2O3/c1-5-20(22(28)25-23(2,3)4)26(15-17-11-13-18(24)14-12-17)21(27)16-29-19-9-7-6-8-10-19/h6-14,20H,5,15-16H2,1-4H3,(H,25,28)/t20-/m1/s1. The predicted molar refractivity (Wildman–Crippen MR) is 116 cm³/mol. The summed E-state index contributed by atoms with van der Waals surface area (Å²) in [6.07, 6.45) is 0.493. The van der Waals surface area contributed by atoms with Crippen molar-refractivity contribution in [3.05, 3.63) is 65.2 Å². The van der Waals surface area contributed by atoms with E-state index in [0.29, 0.717) is 23.7 Å². The Morgan fingerprint density at radius 1 is 1.07 bits per heavy atom. The molecule has 0 saturated heterocycles. The minimum absolute atomic E-state index is 0.142. The fourth-order valence-corrected chi connectivity index (χ4v) is 3.03. The number of benzene rings is 2. The molecule has 29 heavy (non-hydrogen) atoms. The Bertz CT molecular complexity index is 801. The molecular formula is C23H29ClN2O3. The van der Waals surface area contributed by atoms with E-state index in [1.165, 1.54) is 0 Å². The van der Waals surface area contributed by atoms with Crippen LogP contribution < -0.4 is 10.1 Å². The number of hydrogen-bond donors (Lipinski definition) is 1. The van der Waals surface area contributed by atoms with Crippen LogP contribution in [0.4, 0.5) is 0 Å². The van der Waals surface area contributed by atoms with Crippen LogP contribution in [0, 0.1) is 0 Å². The van der Waals surface area contributed by atoms with E-state index >= 15 is 0 Å². The number of amides is 2. The fraction of sp³-hybridized carbons (Fsp3) is 0.391. The lowest BCUT2D eigenvalue weighted by Crippen LogP contribution is -2.54. The molecule has 0 saturated carbocycles. The summed E-state index contributed by atoms with van der Waals surface area (Å²) in [6.45, 7) is 7.80. The van der Waals surface area contributed by atoms with Crippen molar-refractivity contribution in [2.24, 2.45) is 0 Å². The Kier molecular flexibility index (Phi) is 8.09. The molecule has 0 aliphatic carbocycles. The quantitative estimate of drug-likeness (QED) is 0.692. The second kappa shape index (κ2) is 10.3. The molecule has 156 valence electrons. The number of nitrogens with zero attached hydrogens (tertiary/aromatic N) is 1. The molecule has 0 unspecified atom stereocenters. The highest BCUT2D eigenvalue weighted by atomic mass is 35.5. The number of rotatable bonds is 8. The number of ether oxygens (including phenoxy) is 1. The van der Waals surface area contributed by atoms with Gasteiger partial charge in [0.25, 0.3) is 5.91 Å². The average molecular weight is 417 g/mol. The summed E-state index contributed by atoms with van der Waals surface area (Å²) in [6, 6.07) is 15.8. The van der Waals surface area contributed by atoms with Crippen LogP contribution in [0.5, 0.6) is 5.75 Å². The van der Waals surface area contributed by atoms with Crippen LogP contribution in [-0.4, -0.2) is 34.9 Å². The van der Waals surface area contributed by atoms with Crippen LogP contribution in [0.25, 0.3) is 0 Å². The van der Waals surface area contributed by atoms with Gasteiger partial charge in [-0.2, -0.15) is 0 Å². The van der Waals surface area contributed by atoms with Gasteiger partial charge in [0.2, 0.25) is 5.91 Å². The molecule has 0 aromatic heterocycles. The van der Waals surface area contributed by atoms with E-state index in [4.69, 9.17) is 16.3 Å². The monoisotopic (exact) mass is 416 g/mol. The third-order valence-corrected chi connectivity index (χ3v) is 4.51. The molecule has 2 aromatic carbocycles. The molecule has 1 N–H and O–H groups in total. The largest absolute Gasteiger partial charge is 0.484 e. The molecule has 6 heteroatoms. The highest BCUT2D eigenvalue weighted by Gasteiger charge is 2.30. The van der Waals surface area contributed by atoms with Gasteiger partial charge in [-0.15, -0.1) is 0 Å². The first kappa shape index (κ1) is 22.8. The van der Waals surface area contributed by atoms with E-state index in [-0.39, 0.29) is 24.0 Å². The van der Waals surface area contributed by atoms with Crippen molar-refractivity contribution in [2.45, 2.75) is 52.2 Å². The first-order valence-electron chi connectivity index (χ1n) is 9.73. The summed E-state index contributed by atoms with van der Waals surface area (Å²) in [4.78, 5) is 27.5. The molecule has 0 heterocycles. The van der Waals surface area contributed by atoms with Gasteiger partial charge >= 0.3 is 0 Å². The van der Waals surface area contributed by atoms with Crippen LogP contribution >= 0.6 is 11.6 Å². The summed E-state index contributed by atoms with van der Waals surface area (Å²) in [7, 11) is 0. The number of para-hydroxylation sites is 1. The van der Waals surface area contributed by atoms with E-state index in [1.807, 2.05) is 58.0 Å². The molecular weight excluding hydrogens is 388 g/mol. The van der Waals surface area contributed by atoms with Gasteiger partial charge in [0.05, 0.1) is 0 Å². The normalized spacial score (nSPS) is 12.2. The smallest absolute Gasteiger partial charge is 0.261 e. The summed E-state index contributed by atoms with van der Waals surface area (Å²) < 4.78 is 5.64.